The van der Waals surface area contributed by atoms with E-state index in [1.54, 1.807) is 0 Å². The molecule has 0 unspecified atom stereocenters. The third-order valence-corrected chi connectivity index (χ3v) is 5.34. The largest absolute Gasteiger partial charge is 0.381 e. The van der Waals surface area contributed by atoms with Crippen molar-refractivity contribution in [2.45, 2.75) is 25.3 Å². The van der Waals surface area contributed by atoms with Crippen LogP contribution in [0.5, 0.6) is 0 Å². The molecule has 0 radical (unpaired) electrons. The van der Waals surface area contributed by atoms with Gasteiger partial charge in [0.05, 0.1) is 18.8 Å². The van der Waals surface area contributed by atoms with E-state index < -0.39 is 0 Å². The lowest BCUT2D eigenvalue weighted by molar-refractivity contribution is 0.139. The highest BCUT2D eigenvalue weighted by molar-refractivity contribution is 6.30. The smallest absolute Gasteiger partial charge is 0.113 e. The molecule has 6 heteroatoms. The van der Waals surface area contributed by atoms with Gasteiger partial charge in [-0.05, 0) is 37.3 Å². The van der Waals surface area contributed by atoms with Crippen LogP contribution >= 0.6 is 11.6 Å². The summed E-state index contributed by atoms with van der Waals surface area (Å²) in [6.45, 7) is 5.32. The topological polar surface area (TPSA) is 43.2 Å². The second kappa shape index (κ2) is 7.21. The van der Waals surface area contributed by atoms with Crippen molar-refractivity contribution in [3.8, 4) is 11.3 Å². The standard InChI is InChI=1S/C18H23ClN4O/c19-16-3-1-2-15(10-16)18-12-23(21-20-18)17-4-7-22(8-5-17)11-14-6-9-24-13-14/h1-3,10,12,14,17H,4-9,11,13H2/t14-/m0/s1. The number of hydrogen-bond donors (Lipinski definition) is 0. The Bertz CT molecular complexity index is 675. The lowest BCUT2D eigenvalue weighted by atomic mass is 10.0. The van der Waals surface area contributed by atoms with Gasteiger partial charge in [0.1, 0.15) is 5.69 Å². The lowest BCUT2D eigenvalue weighted by Gasteiger charge is -2.33. The predicted molar refractivity (Wildman–Crippen MR) is 94.1 cm³/mol. The van der Waals surface area contributed by atoms with Crippen LogP contribution in [0.2, 0.25) is 5.02 Å². The fraction of sp³-hybridized carbons (Fsp3) is 0.556. The van der Waals surface area contributed by atoms with Crippen LogP contribution in [0, 0.1) is 5.92 Å². The second-order valence-corrected chi connectivity index (χ2v) is 7.29. The first-order chi connectivity index (χ1) is 11.8. The van der Waals surface area contributed by atoms with Gasteiger partial charge in [-0.1, -0.05) is 28.9 Å². The van der Waals surface area contributed by atoms with Crippen LogP contribution in [-0.4, -0.2) is 52.7 Å². The third kappa shape index (κ3) is 3.63. The summed E-state index contributed by atoms with van der Waals surface area (Å²) in [5.74, 6) is 0.724. The molecule has 2 fully saturated rings. The Labute approximate surface area is 147 Å². The molecule has 0 bridgehead atoms. The monoisotopic (exact) mass is 346 g/mol. The van der Waals surface area contributed by atoms with Crippen molar-refractivity contribution in [2.24, 2.45) is 5.92 Å². The van der Waals surface area contributed by atoms with Crippen molar-refractivity contribution in [1.29, 1.82) is 0 Å². The Morgan fingerprint density at radius 3 is 2.83 bits per heavy atom. The van der Waals surface area contributed by atoms with Crippen molar-refractivity contribution in [2.75, 3.05) is 32.8 Å². The zero-order valence-corrected chi connectivity index (χ0v) is 14.5. The van der Waals surface area contributed by atoms with Gasteiger partial charge in [0.2, 0.25) is 0 Å². The van der Waals surface area contributed by atoms with Gasteiger partial charge in [0, 0.05) is 36.8 Å². The first-order valence-electron chi connectivity index (χ1n) is 8.76. The maximum absolute atomic E-state index is 6.07. The Morgan fingerprint density at radius 1 is 1.21 bits per heavy atom. The van der Waals surface area contributed by atoms with E-state index in [2.05, 4.69) is 21.4 Å². The Kier molecular flexibility index (Phi) is 4.83. The number of nitrogens with zero attached hydrogens (tertiary/aromatic N) is 4. The highest BCUT2D eigenvalue weighted by Gasteiger charge is 2.25. The molecular formula is C18H23ClN4O. The van der Waals surface area contributed by atoms with E-state index in [0.29, 0.717) is 6.04 Å². The van der Waals surface area contributed by atoms with Crippen molar-refractivity contribution in [3.63, 3.8) is 0 Å². The van der Waals surface area contributed by atoms with Crippen molar-refractivity contribution in [3.05, 3.63) is 35.5 Å². The van der Waals surface area contributed by atoms with Gasteiger partial charge in [-0.3, -0.25) is 0 Å². The summed E-state index contributed by atoms with van der Waals surface area (Å²) in [5.41, 5.74) is 1.91. The molecule has 2 aliphatic rings. The maximum atomic E-state index is 6.07. The molecule has 2 aliphatic heterocycles. The molecule has 24 heavy (non-hydrogen) atoms. The molecule has 0 spiro atoms. The number of rotatable bonds is 4. The quantitative estimate of drug-likeness (QED) is 0.852. The van der Waals surface area contributed by atoms with E-state index in [9.17, 15) is 0 Å². The molecule has 0 N–H and O–H groups in total. The Balaban J connectivity index is 1.36. The summed E-state index contributed by atoms with van der Waals surface area (Å²) in [4.78, 5) is 2.57. The number of aromatic nitrogens is 3. The van der Waals surface area contributed by atoms with Crippen molar-refractivity contribution in [1.82, 2.24) is 19.9 Å². The summed E-state index contributed by atoms with van der Waals surface area (Å²) in [7, 11) is 0. The predicted octanol–water partition coefficient (Wildman–Crippen LogP) is 3.27. The number of halogens is 1. The van der Waals surface area contributed by atoms with E-state index in [0.717, 1.165) is 61.3 Å². The highest BCUT2D eigenvalue weighted by Crippen LogP contribution is 2.26. The molecule has 2 saturated heterocycles. The van der Waals surface area contributed by atoms with Crippen LogP contribution in [0.4, 0.5) is 0 Å². The van der Waals surface area contributed by atoms with Crippen molar-refractivity contribution >= 4 is 11.6 Å². The van der Waals surface area contributed by atoms with Gasteiger partial charge < -0.3 is 9.64 Å². The summed E-state index contributed by atoms with van der Waals surface area (Å²) in [6.07, 6.45) is 5.53. The normalized spacial score (nSPS) is 23.0. The highest BCUT2D eigenvalue weighted by atomic mass is 35.5. The molecular weight excluding hydrogens is 324 g/mol. The van der Waals surface area contributed by atoms with E-state index in [1.165, 1.54) is 13.0 Å². The molecule has 0 amide bonds. The molecule has 4 rings (SSSR count). The number of ether oxygens (including phenoxy) is 1. The van der Waals surface area contributed by atoms with Gasteiger partial charge in [-0.15, -0.1) is 5.10 Å². The summed E-state index contributed by atoms with van der Waals surface area (Å²) < 4.78 is 7.52. The van der Waals surface area contributed by atoms with Gasteiger partial charge >= 0.3 is 0 Å². The lowest BCUT2D eigenvalue weighted by Crippen LogP contribution is -2.38. The summed E-state index contributed by atoms with van der Waals surface area (Å²) >= 11 is 6.07. The molecule has 1 atom stereocenters. The van der Waals surface area contributed by atoms with Crippen LogP contribution in [0.15, 0.2) is 30.5 Å². The van der Waals surface area contributed by atoms with Crippen LogP contribution in [0.3, 0.4) is 0 Å². The van der Waals surface area contributed by atoms with Crippen LogP contribution in [0.25, 0.3) is 11.3 Å². The minimum atomic E-state index is 0.446. The minimum Gasteiger partial charge on any atom is -0.381 e. The molecule has 0 saturated carbocycles. The number of piperidine rings is 1. The first kappa shape index (κ1) is 16.1. The molecule has 1 aromatic carbocycles. The third-order valence-electron chi connectivity index (χ3n) is 5.10. The fourth-order valence-corrected chi connectivity index (χ4v) is 3.88. The van der Waals surface area contributed by atoms with Crippen LogP contribution in [-0.2, 0) is 4.74 Å². The maximum Gasteiger partial charge on any atom is 0.113 e. The summed E-state index contributed by atoms with van der Waals surface area (Å²) in [5, 5.41) is 9.42. The first-order valence-corrected chi connectivity index (χ1v) is 9.13. The zero-order valence-electron chi connectivity index (χ0n) is 13.8. The number of likely N-dealkylation sites (tertiary alicyclic amines) is 1. The van der Waals surface area contributed by atoms with Gasteiger partial charge in [-0.25, -0.2) is 4.68 Å². The zero-order chi connectivity index (χ0) is 16.4. The van der Waals surface area contributed by atoms with Crippen LogP contribution < -0.4 is 0 Å². The second-order valence-electron chi connectivity index (χ2n) is 6.86. The Morgan fingerprint density at radius 2 is 2.08 bits per heavy atom. The SMILES string of the molecule is Clc1cccc(-c2cn(C3CCN(C[C@@H]4CCOC4)CC3)nn2)c1. The minimum absolute atomic E-state index is 0.446. The van der Waals surface area contributed by atoms with E-state index >= 15 is 0 Å². The Hall–Kier alpha value is -1.43. The molecule has 1 aromatic heterocycles. The molecule has 2 aromatic rings. The average Bonchev–Trinajstić information content (AvgIpc) is 3.27. The van der Waals surface area contributed by atoms with Crippen molar-refractivity contribution < 1.29 is 4.74 Å². The summed E-state index contributed by atoms with van der Waals surface area (Å²) in [6, 6.07) is 8.22. The number of hydrogen-bond acceptors (Lipinski definition) is 4. The van der Waals surface area contributed by atoms with Gasteiger partial charge in [0.15, 0.2) is 0 Å². The van der Waals surface area contributed by atoms with Gasteiger partial charge in [-0.2, -0.15) is 0 Å². The molecule has 128 valence electrons. The van der Waals surface area contributed by atoms with E-state index in [-0.39, 0.29) is 0 Å². The average molecular weight is 347 g/mol. The van der Waals surface area contributed by atoms with E-state index in [1.807, 2.05) is 28.9 Å². The molecule has 5 nitrogen and oxygen atoms in total. The van der Waals surface area contributed by atoms with Gasteiger partial charge in [0.25, 0.3) is 0 Å². The molecule has 0 aliphatic carbocycles. The van der Waals surface area contributed by atoms with E-state index in [4.69, 9.17) is 16.3 Å². The number of benzene rings is 1. The molecule has 3 heterocycles. The fourth-order valence-electron chi connectivity index (χ4n) is 3.69. The van der Waals surface area contributed by atoms with Crippen LogP contribution in [0.1, 0.15) is 25.3 Å².